The van der Waals surface area contributed by atoms with Gasteiger partial charge in [-0.3, -0.25) is 5.41 Å². The van der Waals surface area contributed by atoms with Crippen molar-refractivity contribution in [1.82, 2.24) is 9.55 Å². The lowest BCUT2D eigenvalue weighted by molar-refractivity contribution is 0.0691. The average Bonchev–Trinajstić information content (AvgIpc) is 2.78. The van der Waals surface area contributed by atoms with Crippen LogP contribution in [0.4, 0.5) is 0 Å². The molecule has 2 aromatic rings. The fraction of sp³-hybridized carbons (Fsp3) is 0. The number of nitrogens with zero attached hydrogens (tertiary/aromatic N) is 2. The zero-order chi connectivity index (χ0) is 12.4. The van der Waals surface area contributed by atoms with Crippen LogP contribution >= 0.6 is 0 Å². The first-order valence-corrected chi connectivity index (χ1v) is 4.80. The number of carboxylic acid groups (broad SMARTS) is 1. The van der Waals surface area contributed by atoms with E-state index < -0.39 is 5.97 Å². The highest BCUT2D eigenvalue weighted by atomic mass is 16.4. The predicted molar refractivity (Wildman–Crippen MR) is 61.5 cm³/mol. The van der Waals surface area contributed by atoms with Gasteiger partial charge in [-0.1, -0.05) is 12.1 Å². The molecule has 86 valence electrons. The molecule has 0 fully saturated rings. The number of hydrogen-bond donors (Lipinski definition) is 3. The normalized spacial score (nSPS) is 10.1. The number of nitrogens with two attached hydrogens (primary N) is 1. The molecule has 0 aliphatic carbocycles. The zero-order valence-electron chi connectivity index (χ0n) is 8.79. The van der Waals surface area contributed by atoms with Crippen LogP contribution in [-0.4, -0.2) is 26.5 Å². The van der Waals surface area contributed by atoms with E-state index in [0.29, 0.717) is 11.3 Å². The fourth-order valence-corrected chi connectivity index (χ4v) is 1.41. The summed E-state index contributed by atoms with van der Waals surface area (Å²) in [5.74, 6) is -1.11. The largest absolute Gasteiger partial charge is 0.476 e. The van der Waals surface area contributed by atoms with Crippen molar-refractivity contribution in [1.29, 1.82) is 5.41 Å². The van der Waals surface area contributed by atoms with Crippen molar-refractivity contribution >= 4 is 11.8 Å². The number of aromatic nitrogens is 2. The molecule has 4 N–H and O–H groups in total. The first-order valence-electron chi connectivity index (χ1n) is 4.80. The molecular weight excluding hydrogens is 220 g/mol. The number of imidazole rings is 1. The third kappa shape index (κ3) is 2.15. The summed E-state index contributed by atoms with van der Waals surface area (Å²) in [4.78, 5) is 14.4. The Morgan fingerprint density at radius 1 is 1.47 bits per heavy atom. The molecule has 0 spiro atoms. The highest BCUT2D eigenvalue weighted by Crippen LogP contribution is 2.11. The first kappa shape index (κ1) is 10.9. The maximum atomic E-state index is 10.7. The monoisotopic (exact) mass is 230 g/mol. The predicted octanol–water partition coefficient (Wildman–Crippen LogP) is 0.855. The first-order chi connectivity index (χ1) is 8.08. The van der Waals surface area contributed by atoms with Crippen molar-refractivity contribution < 1.29 is 9.90 Å². The second-order valence-electron chi connectivity index (χ2n) is 3.44. The van der Waals surface area contributed by atoms with Crippen LogP contribution in [0.5, 0.6) is 0 Å². The van der Waals surface area contributed by atoms with Crippen molar-refractivity contribution in [3.8, 4) is 5.69 Å². The highest BCUT2D eigenvalue weighted by molar-refractivity contribution is 5.95. The summed E-state index contributed by atoms with van der Waals surface area (Å²) in [6.45, 7) is 0. The Kier molecular flexibility index (Phi) is 2.61. The van der Waals surface area contributed by atoms with Gasteiger partial charge >= 0.3 is 5.97 Å². The minimum absolute atomic E-state index is 0.0294. The molecule has 0 aliphatic rings. The van der Waals surface area contributed by atoms with Gasteiger partial charge in [-0.25, -0.2) is 9.78 Å². The summed E-state index contributed by atoms with van der Waals surface area (Å²) < 4.78 is 1.57. The molecule has 0 aliphatic heterocycles. The number of carboxylic acids is 1. The maximum Gasteiger partial charge on any atom is 0.356 e. The molecule has 0 atom stereocenters. The van der Waals surface area contributed by atoms with E-state index in [1.165, 1.54) is 12.5 Å². The Morgan fingerprint density at radius 2 is 2.24 bits per heavy atom. The van der Waals surface area contributed by atoms with Crippen LogP contribution < -0.4 is 5.73 Å². The summed E-state index contributed by atoms with van der Waals surface area (Å²) in [6.07, 6.45) is 2.81. The van der Waals surface area contributed by atoms with Crippen molar-refractivity contribution in [2.75, 3.05) is 0 Å². The Morgan fingerprint density at radius 3 is 2.82 bits per heavy atom. The van der Waals surface area contributed by atoms with E-state index in [1.807, 2.05) is 0 Å². The van der Waals surface area contributed by atoms with Gasteiger partial charge in [0, 0.05) is 17.4 Å². The molecule has 6 heteroatoms. The molecule has 1 heterocycles. The van der Waals surface area contributed by atoms with Gasteiger partial charge in [-0.2, -0.15) is 0 Å². The van der Waals surface area contributed by atoms with Crippen molar-refractivity contribution in [2.24, 2.45) is 5.73 Å². The highest BCUT2D eigenvalue weighted by Gasteiger charge is 2.07. The van der Waals surface area contributed by atoms with E-state index in [4.69, 9.17) is 16.2 Å². The van der Waals surface area contributed by atoms with Crippen molar-refractivity contribution in [2.45, 2.75) is 0 Å². The van der Waals surface area contributed by atoms with Gasteiger partial charge in [0.05, 0.1) is 0 Å². The topological polar surface area (TPSA) is 105 Å². The van der Waals surface area contributed by atoms with Crippen LogP contribution in [0.25, 0.3) is 5.69 Å². The van der Waals surface area contributed by atoms with E-state index in [-0.39, 0.29) is 11.5 Å². The Hall–Kier alpha value is -2.63. The third-order valence-corrected chi connectivity index (χ3v) is 2.26. The van der Waals surface area contributed by atoms with Gasteiger partial charge in [0.1, 0.15) is 12.2 Å². The van der Waals surface area contributed by atoms with Gasteiger partial charge in [-0.05, 0) is 12.1 Å². The zero-order valence-corrected chi connectivity index (χ0v) is 8.79. The van der Waals surface area contributed by atoms with Crippen LogP contribution in [0.15, 0.2) is 36.8 Å². The molecule has 6 nitrogen and oxygen atoms in total. The second kappa shape index (κ2) is 4.09. The van der Waals surface area contributed by atoms with Gasteiger partial charge in [-0.15, -0.1) is 0 Å². The van der Waals surface area contributed by atoms with E-state index in [2.05, 4.69) is 4.98 Å². The van der Waals surface area contributed by atoms with Crippen molar-refractivity contribution in [3.63, 3.8) is 0 Å². The SMILES string of the molecule is N=C(N)c1cccc(-n2cnc(C(=O)O)c2)c1. The smallest absolute Gasteiger partial charge is 0.356 e. The number of carbonyl (C=O) groups is 1. The van der Waals surface area contributed by atoms with Crippen LogP contribution in [0.1, 0.15) is 16.1 Å². The molecule has 0 amide bonds. The maximum absolute atomic E-state index is 10.7. The fourth-order valence-electron chi connectivity index (χ4n) is 1.41. The number of rotatable bonds is 3. The molecule has 0 unspecified atom stereocenters. The number of aromatic carboxylic acids is 1. The summed E-state index contributed by atoms with van der Waals surface area (Å²) in [7, 11) is 0. The molecule has 1 aromatic carbocycles. The van der Waals surface area contributed by atoms with Crippen LogP contribution in [-0.2, 0) is 0 Å². The van der Waals surface area contributed by atoms with Crippen LogP contribution in [0.3, 0.4) is 0 Å². The van der Waals surface area contributed by atoms with Gasteiger partial charge in [0.15, 0.2) is 5.69 Å². The number of amidine groups is 1. The lowest BCUT2D eigenvalue weighted by atomic mass is 10.2. The minimum atomic E-state index is -1.08. The van der Waals surface area contributed by atoms with E-state index in [9.17, 15) is 4.79 Å². The van der Waals surface area contributed by atoms with Gasteiger partial charge in [0.25, 0.3) is 0 Å². The van der Waals surface area contributed by atoms with E-state index >= 15 is 0 Å². The Balaban J connectivity index is 2.42. The van der Waals surface area contributed by atoms with Crippen molar-refractivity contribution in [3.05, 3.63) is 48.0 Å². The average molecular weight is 230 g/mol. The minimum Gasteiger partial charge on any atom is -0.476 e. The van der Waals surface area contributed by atoms with Gasteiger partial charge < -0.3 is 15.4 Å². The summed E-state index contributed by atoms with van der Waals surface area (Å²) in [5, 5.41) is 16.1. The Bertz CT molecular complexity index is 589. The molecule has 17 heavy (non-hydrogen) atoms. The molecule has 0 saturated carbocycles. The number of benzene rings is 1. The molecular formula is C11H10N4O2. The number of nitrogen functional groups attached to an aromatic ring is 1. The quantitative estimate of drug-likeness (QED) is 0.537. The molecule has 0 saturated heterocycles. The molecule has 1 aromatic heterocycles. The summed E-state index contributed by atoms with van der Waals surface area (Å²) in [6, 6.07) is 6.92. The molecule has 0 radical (unpaired) electrons. The van der Waals surface area contributed by atoms with E-state index in [0.717, 1.165) is 0 Å². The molecule has 2 rings (SSSR count). The Labute approximate surface area is 96.8 Å². The van der Waals surface area contributed by atoms with Gasteiger partial charge in [0.2, 0.25) is 0 Å². The lowest BCUT2D eigenvalue weighted by Crippen LogP contribution is -2.11. The number of nitrogens with one attached hydrogen (secondary N) is 1. The lowest BCUT2D eigenvalue weighted by Gasteiger charge is -2.04. The molecule has 0 bridgehead atoms. The van der Waals surface area contributed by atoms with Crippen LogP contribution in [0.2, 0.25) is 0 Å². The summed E-state index contributed by atoms with van der Waals surface area (Å²) >= 11 is 0. The van der Waals surface area contributed by atoms with Crippen LogP contribution in [0, 0.1) is 5.41 Å². The second-order valence-corrected chi connectivity index (χ2v) is 3.44. The summed E-state index contributed by atoms with van der Waals surface area (Å²) in [5.41, 5.74) is 6.63. The standard InChI is InChI=1S/C11H10N4O2/c12-10(13)7-2-1-3-8(4-7)15-5-9(11(16)17)14-6-15/h1-6H,(H3,12,13)(H,16,17). The number of hydrogen-bond acceptors (Lipinski definition) is 3. The van der Waals surface area contributed by atoms with E-state index in [1.54, 1.807) is 28.8 Å². The third-order valence-electron chi connectivity index (χ3n) is 2.26.